The number of aliphatic hydroxyl groups excluding tert-OH is 1. The van der Waals surface area contributed by atoms with E-state index < -0.39 is 6.10 Å². The fourth-order valence-electron chi connectivity index (χ4n) is 1.97. The van der Waals surface area contributed by atoms with E-state index in [1.165, 1.54) is 0 Å². The number of aliphatic hydroxyl groups is 1. The van der Waals surface area contributed by atoms with Crippen molar-refractivity contribution < 1.29 is 5.11 Å². The molecule has 0 radical (unpaired) electrons. The molecule has 2 rings (SSSR count). The van der Waals surface area contributed by atoms with Gasteiger partial charge < -0.3 is 9.67 Å². The quantitative estimate of drug-likeness (QED) is 0.815. The molecule has 1 unspecified atom stereocenters. The first kappa shape index (κ1) is 15.4. The van der Waals surface area contributed by atoms with Crippen LogP contribution in [0, 0.1) is 0 Å². The van der Waals surface area contributed by atoms with Crippen molar-refractivity contribution in [1.29, 1.82) is 0 Å². The maximum Gasteiger partial charge on any atom is 0.168 e. The molecule has 0 saturated heterocycles. The van der Waals surface area contributed by atoms with Crippen LogP contribution < -0.4 is 0 Å². The Kier molecular flexibility index (Phi) is 5.52. The van der Waals surface area contributed by atoms with Gasteiger partial charge in [-0.1, -0.05) is 48.5 Å². The van der Waals surface area contributed by atoms with Crippen molar-refractivity contribution in [3.8, 4) is 0 Å². The zero-order valence-corrected chi connectivity index (χ0v) is 13.3. The van der Waals surface area contributed by atoms with Gasteiger partial charge in [0.15, 0.2) is 5.16 Å². The maximum atomic E-state index is 9.89. The fraction of sp³-hybridized carbons (Fsp3) is 0.400. The molecular formula is C15H19ClN2OS. The lowest BCUT2D eigenvalue weighted by Crippen LogP contribution is -2.08. The molecule has 5 heteroatoms. The Hall–Kier alpha value is -0.970. The van der Waals surface area contributed by atoms with Crippen LogP contribution in [0.15, 0.2) is 35.6 Å². The van der Waals surface area contributed by atoms with Crippen molar-refractivity contribution in [3.63, 3.8) is 0 Å². The topological polar surface area (TPSA) is 38.1 Å². The third-order valence-corrected chi connectivity index (χ3v) is 4.56. The van der Waals surface area contributed by atoms with Gasteiger partial charge in [0, 0.05) is 10.8 Å². The number of aromatic nitrogens is 2. The minimum absolute atomic E-state index is 0.541. The molecule has 1 heterocycles. The second-order valence-corrected chi connectivity index (χ2v) is 6.14. The van der Waals surface area contributed by atoms with Crippen LogP contribution in [0.1, 0.15) is 37.6 Å². The SMILES string of the molecule is CCCSc1ncc(C(C)O)n1Cc1ccccc1Cl. The first-order chi connectivity index (χ1) is 9.63. The average Bonchev–Trinajstić information content (AvgIpc) is 2.82. The number of thioether (sulfide) groups is 1. The molecule has 1 atom stereocenters. The van der Waals surface area contributed by atoms with Gasteiger partial charge in [0.25, 0.3) is 0 Å². The number of nitrogens with zero attached hydrogens (tertiary/aromatic N) is 2. The Balaban J connectivity index is 2.32. The van der Waals surface area contributed by atoms with Gasteiger partial charge in [0.2, 0.25) is 0 Å². The Morgan fingerprint density at radius 2 is 2.15 bits per heavy atom. The molecule has 0 bridgehead atoms. The summed E-state index contributed by atoms with van der Waals surface area (Å²) in [5.41, 5.74) is 1.86. The van der Waals surface area contributed by atoms with E-state index in [0.29, 0.717) is 6.54 Å². The molecule has 0 saturated carbocycles. The zero-order chi connectivity index (χ0) is 14.5. The smallest absolute Gasteiger partial charge is 0.168 e. The van der Waals surface area contributed by atoms with Gasteiger partial charge in [-0.2, -0.15) is 0 Å². The van der Waals surface area contributed by atoms with Gasteiger partial charge in [-0.25, -0.2) is 4.98 Å². The second-order valence-electron chi connectivity index (χ2n) is 4.67. The molecule has 3 nitrogen and oxygen atoms in total. The number of halogens is 1. The largest absolute Gasteiger partial charge is 0.387 e. The lowest BCUT2D eigenvalue weighted by atomic mass is 10.2. The first-order valence-corrected chi connectivity index (χ1v) is 8.09. The van der Waals surface area contributed by atoms with Crippen molar-refractivity contribution in [1.82, 2.24) is 9.55 Å². The molecule has 108 valence electrons. The predicted octanol–water partition coefficient (Wildman–Crippen LogP) is 4.14. The highest BCUT2D eigenvalue weighted by Gasteiger charge is 2.15. The summed E-state index contributed by atoms with van der Waals surface area (Å²) in [6.45, 7) is 4.53. The van der Waals surface area contributed by atoms with Crippen LogP contribution in [-0.2, 0) is 6.54 Å². The van der Waals surface area contributed by atoms with Crippen LogP contribution in [0.4, 0.5) is 0 Å². The minimum Gasteiger partial charge on any atom is -0.387 e. The van der Waals surface area contributed by atoms with E-state index >= 15 is 0 Å². The molecular weight excluding hydrogens is 292 g/mol. The predicted molar refractivity (Wildman–Crippen MR) is 84.4 cm³/mol. The number of benzene rings is 1. The molecule has 2 aromatic rings. The van der Waals surface area contributed by atoms with E-state index in [1.807, 2.05) is 28.8 Å². The number of imidazole rings is 1. The van der Waals surface area contributed by atoms with Crippen molar-refractivity contribution >= 4 is 23.4 Å². The van der Waals surface area contributed by atoms with Gasteiger partial charge in [0.1, 0.15) is 0 Å². The van der Waals surface area contributed by atoms with Crippen molar-refractivity contribution in [2.75, 3.05) is 5.75 Å². The summed E-state index contributed by atoms with van der Waals surface area (Å²) in [5, 5.41) is 11.6. The van der Waals surface area contributed by atoms with Crippen molar-refractivity contribution in [2.45, 2.75) is 38.1 Å². The summed E-state index contributed by atoms with van der Waals surface area (Å²) in [7, 11) is 0. The molecule has 1 aromatic carbocycles. The lowest BCUT2D eigenvalue weighted by Gasteiger charge is -2.14. The second kappa shape index (κ2) is 7.16. The van der Waals surface area contributed by atoms with Gasteiger partial charge in [-0.15, -0.1) is 0 Å². The molecule has 1 N–H and O–H groups in total. The molecule has 0 spiro atoms. The summed E-state index contributed by atoms with van der Waals surface area (Å²) < 4.78 is 2.05. The summed E-state index contributed by atoms with van der Waals surface area (Å²) in [6, 6.07) is 7.78. The Bertz CT molecular complexity index is 569. The van der Waals surface area contributed by atoms with Crippen LogP contribution >= 0.6 is 23.4 Å². The number of rotatable bonds is 6. The van der Waals surface area contributed by atoms with Crippen molar-refractivity contribution in [2.24, 2.45) is 0 Å². The van der Waals surface area contributed by atoms with E-state index in [4.69, 9.17) is 11.6 Å². The highest BCUT2D eigenvalue weighted by molar-refractivity contribution is 7.99. The van der Waals surface area contributed by atoms with Gasteiger partial charge in [-0.3, -0.25) is 0 Å². The van der Waals surface area contributed by atoms with Gasteiger partial charge >= 0.3 is 0 Å². The fourth-order valence-corrected chi connectivity index (χ4v) is 3.00. The molecule has 0 aliphatic heterocycles. The third kappa shape index (κ3) is 3.57. The first-order valence-electron chi connectivity index (χ1n) is 6.73. The summed E-state index contributed by atoms with van der Waals surface area (Å²) in [4.78, 5) is 4.42. The van der Waals surface area contributed by atoms with E-state index in [0.717, 1.165) is 33.6 Å². The number of hydrogen-bond acceptors (Lipinski definition) is 3. The van der Waals surface area contributed by atoms with E-state index in [9.17, 15) is 5.11 Å². The number of hydrogen-bond donors (Lipinski definition) is 1. The zero-order valence-electron chi connectivity index (χ0n) is 11.7. The van der Waals surface area contributed by atoms with Gasteiger partial charge in [0.05, 0.1) is 24.5 Å². The monoisotopic (exact) mass is 310 g/mol. The summed E-state index contributed by atoms with van der Waals surface area (Å²) >= 11 is 7.93. The van der Waals surface area contributed by atoms with Crippen LogP contribution in [0.2, 0.25) is 5.02 Å². The Morgan fingerprint density at radius 3 is 2.80 bits per heavy atom. The molecule has 0 fully saturated rings. The van der Waals surface area contributed by atoms with E-state index in [-0.39, 0.29) is 0 Å². The molecule has 0 aliphatic rings. The molecule has 0 aliphatic carbocycles. The average molecular weight is 311 g/mol. The third-order valence-electron chi connectivity index (χ3n) is 3.00. The minimum atomic E-state index is -0.541. The summed E-state index contributed by atoms with van der Waals surface area (Å²) in [6.07, 6.45) is 2.30. The van der Waals surface area contributed by atoms with Crippen LogP contribution in [0.5, 0.6) is 0 Å². The highest BCUT2D eigenvalue weighted by atomic mass is 35.5. The lowest BCUT2D eigenvalue weighted by molar-refractivity contribution is 0.188. The Labute approximate surface area is 129 Å². The van der Waals surface area contributed by atoms with E-state index in [2.05, 4.69) is 11.9 Å². The molecule has 20 heavy (non-hydrogen) atoms. The highest BCUT2D eigenvalue weighted by Crippen LogP contribution is 2.26. The van der Waals surface area contributed by atoms with Crippen LogP contribution in [-0.4, -0.2) is 20.4 Å². The summed E-state index contributed by atoms with van der Waals surface area (Å²) in [5.74, 6) is 1.01. The van der Waals surface area contributed by atoms with Crippen molar-refractivity contribution in [3.05, 3.63) is 46.7 Å². The normalized spacial score (nSPS) is 12.6. The van der Waals surface area contributed by atoms with Crippen LogP contribution in [0.3, 0.4) is 0 Å². The van der Waals surface area contributed by atoms with E-state index in [1.54, 1.807) is 24.9 Å². The van der Waals surface area contributed by atoms with Crippen LogP contribution in [0.25, 0.3) is 0 Å². The molecule has 0 amide bonds. The molecule has 1 aromatic heterocycles. The standard InChI is InChI=1S/C15H19ClN2OS/c1-3-8-20-15-17-9-14(11(2)19)18(15)10-12-6-4-5-7-13(12)16/h4-7,9,11,19H,3,8,10H2,1-2H3. The van der Waals surface area contributed by atoms with Gasteiger partial charge in [-0.05, 0) is 25.0 Å². The Morgan fingerprint density at radius 1 is 1.40 bits per heavy atom. The maximum absolute atomic E-state index is 9.89.